The van der Waals surface area contributed by atoms with Gasteiger partial charge in [0.05, 0.1) is 6.61 Å². The van der Waals surface area contributed by atoms with E-state index in [0.717, 1.165) is 32.5 Å². The average molecular weight is 248 g/mol. The molecule has 1 unspecified atom stereocenters. The number of anilines is 1. The van der Waals surface area contributed by atoms with E-state index in [4.69, 9.17) is 0 Å². The Morgan fingerprint density at radius 2 is 2.17 bits per heavy atom. The Hall–Kier alpha value is -1.06. The van der Waals surface area contributed by atoms with Gasteiger partial charge < -0.3 is 15.3 Å². The van der Waals surface area contributed by atoms with E-state index in [9.17, 15) is 5.11 Å². The van der Waals surface area contributed by atoms with Gasteiger partial charge in [-0.05, 0) is 37.9 Å². The molecule has 0 amide bonds. The van der Waals surface area contributed by atoms with Crippen molar-refractivity contribution in [1.82, 2.24) is 5.32 Å². The number of benzene rings is 1. The van der Waals surface area contributed by atoms with E-state index in [-0.39, 0.29) is 12.1 Å². The predicted octanol–water partition coefficient (Wildman–Crippen LogP) is 1.80. The van der Waals surface area contributed by atoms with E-state index in [2.05, 4.69) is 48.3 Å². The highest BCUT2D eigenvalue weighted by molar-refractivity contribution is 5.57. The van der Waals surface area contributed by atoms with Gasteiger partial charge in [-0.15, -0.1) is 0 Å². The van der Waals surface area contributed by atoms with Gasteiger partial charge in [0, 0.05) is 24.3 Å². The summed E-state index contributed by atoms with van der Waals surface area (Å²) in [6.07, 6.45) is 2.11. The Kier molecular flexibility index (Phi) is 4.25. The van der Waals surface area contributed by atoms with Crippen LogP contribution in [-0.4, -0.2) is 36.9 Å². The van der Waals surface area contributed by atoms with E-state index in [0.29, 0.717) is 0 Å². The minimum atomic E-state index is -0.160. The Balaban J connectivity index is 1.96. The second-order valence-corrected chi connectivity index (χ2v) is 5.36. The summed E-state index contributed by atoms with van der Waals surface area (Å²) in [6.45, 7) is 7.37. The van der Waals surface area contributed by atoms with Crippen LogP contribution in [0.3, 0.4) is 0 Å². The number of hydrogen-bond acceptors (Lipinski definition) is 3. The number of fused-ring (bicyclic) bond motifs is 1. The highest BCUT2D eigenvalue weighted by Gasteiger charge is 2.25. The molecule has 1 aromatic rings. The Bertz CT molecular complexity index is 394. The lowest BCUT2D eigenvalue weighted by molar-refractivity contribution is 0.169. The van der Waals surface area contributed by atoms with Crippen LogP contribution in [0, 0.1) is 0 Å². The molecule has 100 valence electrons. The molecule has 0 radical (unpaired) electrons. The maximum Gasteiger partial charge on any atom is 0.0611 e. The third-order valence-electron chi connectivity index (χ3n) is 3.87. The maximum atomic E-state index is 9.50. The number of hydrogen-bond donors (Lipinski definition) is 2. The monoisotopic (exact) mass is 248 g/mol. The average Bonchev–Trinajstić information content (AvgIpc) is 2.80. The molecule has 0 saturated heterocycles. The largest absolute Gasteiger partial charge is 0.394 e. The molecule has 3 nitrogen and oxygen atoms in total. The van der Waals surface area contributed by atoms with Gasteiger partial charge in [-0.2, -0.15) is 0 Å². The van der Waals surface area contributed by atoms with Gasteiger partial charge in [-0.3, -0.25) is 0 Å². The highest BCUT2D eigenvalue weighted by atomic mass is 16.3. The molecule has 0 saturated carbocycles. The second kappa shape index (κ2) is 5.72. The molecule has 0 fully saturated rings. The zero-order valence-electron chi connectivity index (χ0n) is 11.4. The third-order valence-corrected chi connectivity index (χ3v) is 3.87. The predicted molar refractivity (Wildman–Crippen MR) is 76.1 cm³/mol. The second-order valence-electron chi connectivity index (χ2n) is 5.36. The molecule has 18 heavy (non-hydrogen) atoms. The summed E-state index contributed by atoms with van der Waals surface area (Å²) in [4.78, 5) is 2.43. The first-order valence-corrected chi connectivity index (χ1v) is 6.87. The van der Waals surface area contributed by atoms with Crippen molar-refractivity contribution in [3.63, 3.8) is 0 Å². The lowest BCUT2D eigenvalue weighted by Gasteiger charge is -2.31. The first kappa shape index (κ1) is 13.4. The minimum Gasteiger partial charge on any atom is -0.394 e. The fourth-order valence-electron chi connectivity index (χ4n) is 2.67. The van der Waals surface area contributed by atoms with Crippen LogP contribution in [0.1, 0.15) is 25.8 Å². The van der Waals surface area contributed by atoms with Crippen LogP contribution >= 0.6 is 0 Å². The van der Waals surface area contributed by atoms with Gasteiger partial charge in [-0.25, -0.2) is 0 Å². The molecule has 0 spiro atoms. The summed E-state index contributed by atoms with van der Waals surface area (Å²) in [5.74, 6) is 0. The van der Waals surface area contributed by atoms with Crippen LogP contribution in [0.2, 0.25) is 0 Å². The number of likely N-dealkylation sites (N-methyl/N-ethyl adjacent to an activating group) is 1. The summed E-state index contributed by atoms with van der Waals surface area (Å²) in [6, 6.07) is 8.63. The van der Waals surface area contributed by atoms with Crippen LogP contribution in [0.4, 0.5) is 5.69 Å². The number of aliphatic hydroxyl groups excluding tert-OH is 1. The van der Waals surface area contributed by atoms with E-state index in [1.165, 1.54) is 11.3 Å². The number of para-hydroxylation sites is 1. The number of nitrogens with one attached hydrogen (secondary N) is 1. The first-order chi connectivity index (χ1) is 8.68. The molecule has 2 rings (SSSR count). The van der Waals surface area contributed by atoms with Gasteiger partial charge >= 0.3 is 0 Å². The summed E-state index contributed by atoms with van der Waals surface area (Å²) < 4.78 is 0. The summed E-state index contributed by atoms with van der Waals surface area (Å²) in [5, 5.41) is 12.9. The van der Waals surface area contributed by atoms with Crippen LogP contribution < -0.4 is 10.2 Å². The Morgan fingerprint density at radius 1 is 1.39 bits per heavy atom. The van der Waals surface area contributed by atoms with Gasteiger partial charge in [0.25, 0.3) is 0 Å². The quantitative estimate of drug-likeness (QED) is 0.806. The van der Waals surface area contributed by atoms with Gasteiger partial charge in [0.1, 0.15) is 0 Å². The molecule has 3 heteroatoms. The Labute approximate surface area is 110 Å². The van der Waals surface area contributed by atoms with Crippen molar-refractivity contribution in [3.05, 3.63) is 29.8 Å². The van der Waals surface area contributed by atoms with Gasteiger partial charge in [0.2, 0.25) is 0 Å². The molecule has 0 aliphatic carbocycles. The molecule has 1 atom stereocenters. The van der Waals surface area contributed by atoms with Crippen molar-refractivity contribution in [1.29, 1.82) is 0 Å². The third kappa shape index (κ3) is 2.85. The number of nitrogens with zero attached hydrogens (tertiary/aromatic N) is 1. The maximum absolute atomic E-state index is 9.50. The molecular weight excluding hydrogens is 224 g/mol. The number of rotatable bonds is 6. The zero-order chi connectivity index (χ0) is 13.0. The van der Waals surface area contributed by atoms with Crippen molar-refractivity contribution < 1.29 is 5.11 Å². The summed E-state index contributed by atoms with van der Waals surface area (Å²) in [7, 11) is 0. The molecule has 1 heterocycles. The molecule has 0 bridgehead atoms. The fraction of sp³-hybridized carbons (Fsp3) is 0.600. The zero-order valence-corrected chi connectivity index (χ0v) is 11.4. The molecule has 2 N–H and O–H groups in total. The van der Waals surface area contributed by atoms with Gasteiger partial charge in [-0.1, -0.05) is 25.1 Å². The van der Waals surface area contributed by atoms with Crippen LogP contribution in [0.5, 0.6) is 0 Å². The summed E-state index contributed by atoms with van der Waals surface area (Å²) in [5.41, 5.74) is 2.66. The molecule has 0 aromatic heterocycles. The highest BCUT2D eigenvalue weighted by Crippen LogP contribution is 2.28. The molecule has 1 aromatic carbocycles. The molecule has 1 aliphatic heterocycles. The molecule has 1 aliphatic rings. The summed E-state index contributed by atoms with van der Waals surface area (Å²) >= 11 is 0. The van der Waals surface area contributed by atoms with Crippen molar-refractivity contribution in [2.45, 2.75) is 32.2 Å². The Morgan fingerprint density at radius 3 is 2.89 bits per heavy atom. The first-order valence-electron chi connectivity index (χ1n) is 6.87. The van der Waals surface area contributed by atoms with E-state index in [1.54, 1.807) is 0 Å². The smallest absolute Gasteiger partial charge is 0.0611 e. The van der Waals surface area contributed by atoms with Crippen molar-refractivity contribution in [2.75, 3.05) is 31.1 Å². The van der Waals surface area contributed by atoms with E-state index >= 15 is 0 Å². The van der Waals surface area contributed by atoms with Gasteiger partial charge in [0.15, 0.2) is 0 Å². The lowest BCUT2D eigenvalue weighted by Crippen LogP contribution is -2.47. The fourth-order valence-corrected chi connectivity index (χ4v) is 2.67. The van der Waals surface area contributed by atoms with Crippen LogP contribution in [-0.2, 0) is 6.42 Å². The molecular formula is C15H24N2O. The topological polar surface area (TPSA) is 35.5 Å². The van der Waals surface area contributed by atoms with Crippen molar-refractivity contribution >= 4 is 5.69 Å². The normalized spacial score (nSPS) is 17.6. The van der Waals surface area contributed by atoms with E-state index < -0.39 is 0 Å². The lowest BCUT2D eigenvalue weighted by atomic mass is 9.98. The van der Waals surface area contributed by atoms with Crippen molar-refractivity contribution in [3.8, 4) is 0 Å². The number of aliphatic hydroxyl groups is 1. The SMILES string of the molecule is CCNC(C)(CO)CCN1CCc2ccccc21. The standard InChI is InChI=1S/C15H24N2O/c1-3-16-15(2,12-18)9-11-17-10-8-13-6-4-5-7-14(13)17/h4-7,16,18H,3,8-12H2,1-2H3. The van der Waals surface area contributed by atoms with Crippen molar-refractivity contribution in [2.24, 2.45) is 0 Å². The van der Waals surface area contributed by atoms with Crippen LogP contribution in [0.25, 0.3) is 0 Å². The van der Waals surface area contributed by atoms with E-state index in [1.807, 2.05) is 0 Å². The van der Waals surface area contributed by atoms with Crippen LogP contribution in [0.15, 0.2) is 24.3 Å². The minimum absolute atomic E-state index is 0.160.